The molecule has 0 aromatic carbocycles. The van der Waals surface area contributed by atoms with Crippen molar-refractivity contribution >= 4 is 17.7 Å². The van der Waals surface area contributed by atoms with E-state index < -0.39 is 0 Å². The van der Waals surface area contributed by atoms with Crippen molar-refractivity contribution in [2.45, 2.75) is 17.1 Å². The van der Waals surface area contributed by atoms with Crippen LogP contribution >= 0.6 is 11.8 Å². The highest BCUT2D eigenvalue weighted by atomic mass is 32.2. The summed E-state index contributed by atoms with van der Waals surface area (Å²) in [6, 6.07) is 1.81. The fourth-order valence-electron chi connectivity index (χ4n) is 1.55. The van der Waals surface area contributed by atoms with Gasteiger partial charge in [-0.25, -0.2) is 9.67 Å². The van der Waals surface area contributed by atoms with E-state index >= 15 is 0 Å². The third kappa shape index (κ3) is 3.31. The average Bonchev–Trinajstić information content (AvgIpc) is 3.03. The molecule has 0 saturated carbocycles. The van der Waals surface area contributed by atoms with Crippen molar-refractivity contribution < 1.29 is 0 Å². The summed E-state index contributed by atoms with van der Waals surface area (Å²) in [6.45, 7) is 2.70. The zero-order valence-electron chi connectivity index (χ0n) is 11.2. The summed E-state index contributed by atoms with van der Waals surface area (Å²) in [5, 5.41) is 8.47. The van der Waals surface area contributed by atoms with E-state index in [0.717, 1.165) is 11.6 Å². The lowest BCUT2D eigenvalue weighted by atomic mass is 10.7. The third-order valence-electron chi connectivity index (χ3n) is 2.38. The van der Waals surface area contributed by atoms with Crippen LogP contribution in [0.15, 0.2) is 47.2 Å². The van der Waals surface area contributed by atoms with E-state index in [2.05, 4.69) is 35.3 Å². The minimum absolute atomic E-state index is 0.456. The first-order valence-corrected chi connectivity index (χ1v) is 7.10. The lowest BCUT2D eigenvalue weighted by Crippen LogP contribution is -2.09. The van der Waals surface area contributed by atoms with Crippen LogP contribution in [0.25, 0.3) is 5.95 Å². The standard InChI is InChI=1S/C12H12N8S/c1-2-14-10-17-11(20-7-3-4-16-20)19-12(18-10)21-9-8-13-5-6-15-9/h3-8H,2H2,1H3,(H,14,17,18,19). The fraction of sp³-hybridized carbons (Fsp3) is 0.167. The van der Waals surface area contributed by atoms with Gasteiger partial charge in [-0.2, -0.15) is 20.1 Å². The molecule has 3 heterocycles. The second-order valence-corrected chi connectivity index (χ2v) is 4.86. The molecule has 8 nitrogen and oxygen atoms in total. The number of anilines is 1. The van der Waals surface area contributed by atoms with Crippen LogP contribution in [-0.2, 0) is 0 Å². The van der Waals surface area contributed by atoms with Crippen LogP contribution in [0, 0.1) is 0 Å². The van der Waals surface area contributed by atoms with E-state index in [1.807, 2.05) is 13.0 Å². The molecule has 3 aromatic rings. The van der Waals surface area contributed by atoms with Crippen LogP contribution in [0.3, 0.4) is 0 Å². The van der Waals surface area contributed by atoms with Crippen molar-refractivity contribution in [2.75, 3.05) is 11.9 Å². The van der Waals surface area contributed by atoms with Gasteiger partial charge in [0.15, 0.2) is 0 Å². The zero-order chi connectivity index (χ0) is 14.5. The number of aromatic nitrogens is 7. The number of nitrogens with one attached hydrogen (secondary N) is 1. The monoisotopic (exact) mass is 300 g/mol. The van der Waals surface area contributed by atoms with Gasteiger partial charge in [-0.05, 0) is 24.8 Å². The lowest BCUT2D eigenvalue weighted by molar-refractivity contribution is 0.759. The molecule has 0 aliphatic heterocycles. The van der Waals surface area contributed by atoms with Gasteiger partial charge in [0.05, 0.1) is 6.20 Å². The summed E-state index contributed by atoms with van der Waals surface area (Å²) >= 11 is 1.32. The van der Waals surface area contributed by atoms with E-state index in [-0.39, 0.29) is 0 Å². The van der Waals surface area contributed by atoms with Gasteiger partial charge in [-0.15, -0.1) is 0 Å². The third-order valence-corrected chi connectivity index (χ3v) is 3.17. The normalized spacial score (nSPS) is 10.5. The minimum Gasteiger partial charge on any atom is -0.354 e. The summed E-state index contributed by atoms with van der Waals surface area (Å²) < 4.78 is 1.59. The molecule has 0 amide bonds. The van der Waals surface area contributed by atoms with Crippen molar-refractivity contribution in [2.24, 2.45) is 0 Å². The molecule has 1 N–H and O–H groups in total. The summed E-state index contributed by atoms with van der Waals surface area (Å²) in [7, 11) is 0. The Hall–Kier alpha value is -2.55. The second-order valence-electron chi connectivity index (χ2n) is 3.87. The van der Waals surface area contributed by atoms with Gasteiger partial charge in [0.1, 0.15) is 5.03 Å². The maximum absolute atomic E-state index is 4.39. The molecule has 9 heteroatoms. The first kappa shape index (κ1) is 13.4. The molecular formula is C12H12N8S. The quantitative estimate of drug-likeness (QED) is 0.756. The SMILES string of the molecule is CCNc1nc(Sc2cnccn2)nc(-n2cccn2)n1. The van der Waals surface area contributed by atoms with Gasteiger partial charge in [-0.1, -0.05) is 0 Å². The van der Waals surface area contributed by atoms with Crippen molar-refractivity contribution in [3.63, 3.8) is 0 Å². The Kier molecular flexibility index (Phi) is 4.01. The highest BCUT2D eigenvalue weighted by Gasteiger charge is 2.10. The molecule has 0 atom stereocenters. The Morgan fingerprint density at radius 3 is 2.86 bits per heavy atom. The van der Waals surface area contributed by atoms with Gasteiger partial charge < -0.3 is 5.32 Å². The predicted molar refractivity (Wildman–Crippen MR) is 77.3 cm³/mol. The molecule has 0 saturated heterocycles. The van der Waals surface area contributed by atoms with Crippen LogP contribution < -0.4 is 5.32 Å². The number of hydrogen-bond donors (Lipinski definition) is 1. The first-order valence-electron chi connectivity index (χ1n) is 6.29. The Bertz CT molecular complexity index is 701. The Labute approximate surface area is 125 Å². The average molecular weight is 300 g/mol. The van der Waals surface area contributed by atoms with E-state index in [9.17, 15) is 0 Å². The minimum atomic E-state index is 0.456. The Morgan fingerprint density at radius 1 is 1.19 bits per heavy atom. The molecule has 0 aliphatic rings. The molecule has 0 spiro atoms. The van der Waals surface area contributed by atoms with Crippen molar-refractivity contribution in [1.82, 2.24) is 34.7 Å². The smallest absolute Gasteiger partial charge is 0.256 e. The van der Waals surface area contributed by atoms with E-state index in [4.69, 9.17) is 0 Å². The molecular weight excluding hydrogens is 288 g/mol. The molecule has 106 valence electrons. The van der Waals surface area contributed by atoms with Gasteiger partial charge in [0.2, 0.25) is 11.1 Å². The van der Waals surface area contributed by atoms with Gasteiger partial charge >= 0.3 is 0 Å². The fourth-order valence-corrected chi connectivity index (χ4v) is 2.22. The maximum atomic E-state index is 4.39. The van der Waals surface area contributed by atoms with Crippen molar-refractivity contribution in [3.8, 4) is 5.95 Å². The van der Waals surface area contributed by atoms with Crippen LogP contribution in [0.1, 0.15) is 6.92 Å². The highest BCUT2D eigenvalue weighted by molar-refractivity contribution is 7.99. The van der Waals surface area contributed by atoms with Gasteiger partial charge in [0, 0.05) is 31.3 Å². The predicted octanol–water partition coefficient (Wildman–Crippen LogP) is 1.43. The molecule has 0 radical (unpaired) electrons. The number of nitrogens with zero attached hydrogens (tertiary/aromatic N) is 7. The molecule has 21 heavy (non-hydrogen) atoms. The molecule has 3 aromatic heterocycles. The molecule has 0 unspecified atom stereocenters. The second kappa shape index (κ2) is 6.27. The van der Waals surface area contributed by atoms with Crippen LogP contribution in [-0.4, -0.2) is 41.2 Å². The maximum Gasteiger partial charge on any atom is 0.256 e. The van der Waals surface area contributed by atoms with Crippen molar-refractivity contribution in [3.05, 3.63) is 37.1 Å². The summed E-state index contributed by atoms with van der Waals surface area (Å²) in [5.74, 6) is 0.960. The van der Waals surface area contributed by atoms with E-state index in [0.29, 0.717) is 17.1 Å². The Balaban J connectivity index is 1.95. The molecule has 0 bridgehead atoms. The van der Waals surface area contributed by atoms with Crippen LogP contribution in [0.5, 0.6) is 0 Å². The summed E-state index contributed by atoms with van der Waals surface area (Å²) in [4.78, 5) is 21.3. The first-order chi connectivity index (χ1) is 10.3. The topological polar surface area (TPSA) is 94.3 Å². The van der Waals surface area contributed by atoms with Crippen LogP contribution in [0.4, 0.5) is 5.95 Å². The highest BCUT2D eigenvalue weighted by Crippen LogP contribution is 2.22. The summed E-state index contributed by atoms with van der Waals surface area (Å²) in [5.41, 5.74) is 0. The van der Waals surface area contributed by atoms with Crippen molar-refractivity contribution in [1.29, 1.82) is 0 Å². The lowest BCUT2D eigenvalue weighted by Gasteiger charge is -2.06. The van der Waals surface area contributed by atoms with Crippen LogP contribution in [0.2, 0.25) is 0 Å². The van der Waals surface area contributed by atoms with E-state index in [1.165, 1.54) is 11.8 Å². The molecule has 3 rings (SSSR count). The molecule has 0 aliphatic carbocycles. The molecule has 0 fully saturated rings. The zero-order valence-corrected chi connectivity index (χ0v) is 12.0. The van der Waals surface area contributed by atoms with E-state index in [1.54, 1.807) is 35.7 Å². The summed E-state index contributed by atoms with van der Waals surface area (Å²) in [6.07, 6.45) is 8.36. The number of rotatable bonds is 5. The Morgan fingerprint density at radius 2 is 2.14 bits per heavy atom. The van der Waals surface area contributed by atoms with Gasteiger partial charge in [-0.3, -0.25) is 4.98 Å². The number of hydrogen-bond acceptors (Lipinski definition) is 8. The largest absolute Gasteiger partial charge is 0.354 e. The van der Waals surface area contributed by atoms with Gasteiger partial charge in [0.25, 0.3) is 5.95 Å².